The van der Waals surface area contributed by atoms with E-state index in [1.165, 1.54) is 32.1 Å². The van der Waals surface area contributed by atoms with Gasteiger partial charge >= 0.3 is 0 Å². The Morgan fingerprint density at radius 1 is 1.12 bits per heavy atom. The fraction of sp³-hybridized carbons (Fsp3) is 0.476. The van der Waals surface area contributed by atoms with Crippen molar-refractivity contribution < 1.29 is 9.53 Å². The number of benzene rings is 2. The Labute approximate surface area is 159 Å². The second-order valence-corrected chi connectivity index (χ2v) is 7.94. The van der Waals surface area contributed by atoms with Crippen molar-refractivity contribution in [2.45, 2.75) is 44.6 Å². The summed E-state index contributed by atoms with van der Waals surface area (Å²) < 4.78 is 5.92. The van der Waals surface area contributed by atoms with Crippen molar-refractivity contribution in [1.29, 1.82) is 0 Å². The van der Waals surface area contributed by atoms with Gasteiger partial charge < -0.3 is 15.8 Å². The first-order valence-electron chi connectivity index (χ1n) is 9.50. The highest BCUT2D eigenvalue weighted by Gasteiger charge is 2.13. The predicted molar refractivity (Wildman–Crippen MR) is 112 cm³/mol. The lowest BCUT2D eigenvalue weighted by molar-refractivity contribution is -0.113. The molecule has 26 heavy (non-hydrogen) atoms. The summed E-state index contributed by atoms with van der Waals surface area (Å²) in [4.78, 5) is 12.2. The van der Waals surface area contributed by atoms with Gasteiger partial charge in [0.2, 0.25) is 5.91 Å². The molecule has 4 nitrogen and oxygen atoms in total. The first-order chi connectivity index (χ1) is 12.7. The van der Waals surface area contributed by atoms with Gasteiger partial charge in [-0.15, -0.1) is 0 Å². The fourth-order valence-corrected chi connectivity index (χ4v) is 4.16. The van der Waals surface area contributed by atoms with Crippen molar-refractivity contribution in [1.82, 2.24) is 0 Å². The van der Waals surface area contributed by atoms with Crippen LogP contribution < -0.4 is 11.1 Å². The number of carbonyl (C=O) groups is 1. The van der Waals surface area contributed by atoms with E-state index >= 15 is 0 Å². The Kier molecular flexibility index (Phi) is 7.21. The molecule has 0 aromatic heterocycles. The number of amides is 1. The summed E-state index contributed by atoms with van der Waals surface area (Å²) in [6, 6.07) is 11.6. The number of hydrogen-bond acceptors (Lipinski definition) is 4. The highest BCUT2D eigenvalue weighted by atomic mass is 32.2. The van der Waals surface area contributed by atoms with Crippen molar-refractivity contribution in [2.75, 3.05) is 29.2 Å². The molecule has 0 spiro atoms. The Morgan fingerprint density at radius 2 is 1.88 bits per heavy atom. The predicted octanol–water partition coefficient (Wildman–Crippen LogP) is 4.83. The maximum atomic E-state index is 12.2. The average Bonchev–Trinajstić information content (AvgIpc) is 2.66. The van der Waals surface area contributed by atoms with Crippen LogP contribution in [0.5, 0.6) is 0 Å². The lowest BCUT2D eigenvalue weighted by Gasteiger charge is -2.21. The number of rotatable bonds is 8. The van der Waals surface area contributed by atoms with Crippen LogP contribution in [0, 0.1) is 0 Å². The second kappa shape index (κ2) is 9.83. The van der Waals surface area contributed by atoms with Crippen molar-refractivity contribution in [3.63, 3.8) is 0 Å². The molecule has 3 rings (SSSR count). The number of thioether (sulfide) groups is 1. The number of nitrogens with two attached hydrogens (primary N) is 1. The number of fused-ring (bicyclic) bond motifs is 1. The molecule has 3 N–H and O–H groups in total. The smallest absolute Gasteiger partial charge is 0.234 e. The number of anilines is 2. The first-order valence-corrected chi connectivity index (χ1v) is 10.7. The maximum Gasteiger partial charge on any atom is 0.234 e. The van der Waals surface area contributed by atoms with Gasteiger partial charge in [0.25, 0.3) is 0 Å². The molecule has 1 amide bonds. The third-order valence-electron chi connectivity index (χ3n) is 4.80. The van der Waals surface area contributed by atoms with E-state index in [4.69, 9.17) is 10.5 Å². The van der Waals surface area contributed by atoms with Crippen LogP contribution in [-0.4, -0.2) is 30.1 Å². The Morgan fingerprint density at radius 3 is 2.73 bits per heavy atom. The van der Waals surface area contributed by atoms with E-state index in [-0.39, 0.29) is 5.91 Å². The van der Waals surface area contributed by atoms with Crippen LogP contribution in [0.25, 0.3) is 10.8 Å². The Balaban J connectivity index is 1.37. The molecule has 0 heterocycles. The van der Waals surface area contributed by atoms with Crippen LogP contribution in [0.4, 0.5) is 11.4 Å². The molecule has 140 valence electrons. The number of carbonyl (C=O) groups excluding carboxylic acids is 1. The summed E-state index contributed by atoms with van der Waals surface area (Å²) in [7, 11) is 0. The molecule has 1 aliphatic carbocycles. The highest BCUT2D eigenvalue weighted by Crippen LogP contribution is 2.27. The molecular formula is C21H28N2O2S. The van der Waals surface area contributed by atoms with Gasteiger partial charge in [-0.1, -0.05) is 43.5 Å². The summed E-state index contributed by atoms with van der Waals surface area (Å²) in [5.41, 5.74) is 7.56. The van der Waals surface area contributed by atoms with E-state index in [1.54, 1.807) is 11.8 Å². The quantitative estimate of drug-likeness (QED) is 0.514. The van der Waals surface area contributed by atoms with Crippen molar-refractivity contribution in [2.24, 2.45) is 0 Å². The average molecular weight is 373 g/mol. The Hall–Kier alpha value is -1.72. The van der Waals surface area contributed by atoms with Gasteiger partial charge in [0.05, 0.1) is 11.9 Å². The summed E-state index contributed by atoms with van der Waals surface area (Å²) in [6.45, 7) is 0.807. The third-order valence-corrected chi connectivity index (χ3v) is 5.85. The van der Waals surface area contributed by atoms with Gasteiger partial charge in [-0.25, -0.2) is 0 Å². The first kappa shape index (κ1) is 19.1. The molecule has 1 fully saturated rings. The highest BCUT2D eigenvalue weighted by molar-refractivity contribution is 7.99. The van der Waals surface area contributed by atoms with E-state index in [1.807, 2.05) is 36.4 Å². The van der Waals surface area contributed by atoms with Gasteiger partial charge in [0, 0.05) is 28.8 Å². The lowest BCUT2D eigenvalue weighted by Crippen LogP contribution is -2.17. The zero-order chi connectivity index (χ0) is 18.2. The van der Waals surface area contributed by atoms with Crippen LogP contribution in [-0.2, 0) is 9.53 Å². The maximum absolute atomic E-state index is 12.2. The normalized spacial score (nSPS) is 15.2. The minimum Gasteiger partial charge on any atom is -0.398 e. The number of ether oxygens (including phenoxy) is 1. The summed E-state index contributed by atoms with van der Waals surface area (Å²) >= 11 is 1.66. The van der Waals surface area contributed by atoms with Gasteiger partial charge in [-0.3, -0.25) is 4.79 Å². The minimum atomic E-state index is 0.0260. The van der Waals surface area contributed by atoms with E-state index < -0.39 is 0 Å². The Bertz CT molecular complexity index is 729. The zero-order valence-corrected chi connectivity index (χ0v) is 16.0. The molecule has 1 saturated carbocycles. The van der Waals surface area contributed by atoms with Crippen molar-refractivity contribution in [3.8, 4) is 0 Å². The molecule has 2 aromatic rings. The van der Waals surface area contributed by atoms with Crippen LogP contribution >= 0.6 is 11.8 Å². The van der Waals surface area contributed by atoms with Gasteiger partial charge in [0.1, 0.15) is 0 Å². The molecule has 0 unspecified atom stereocenters. The number of hydrogen-bond donors (Lipinski definition) is 2. The van der Waals surface area contributed by atoms with Gasteiger partial charge in [0.15, 0.2) is 0 Å². The summed E-state index contributed by atoms with van der Waals surface area (Å²) in [6.07, 6.45) is 7.86. The molecule has 0 bridgehead atoms. The molecule has 0 radical (unpaired) electrons. The van der Waals surface area contributed by atoms with E-state index in [2.05, 4.69) is 5.32 Å². The summed E-state index contributed by atoms with van der Waals surface area (Å²) in [5.74, 6) is 1.43. The molecule has 0 atom stereocenters. The van der Waals surface area contributed by atoms with Crippen LogP contribution in [0.1, 0.15) is 38.5 Å². The minimum absolute atomic E-state index is 0.0260. The van der Waals surface area contributed by atoms with Crippen LogP contribution in [0.15, 0.2) is 36.4 Å². The number of nitrogen functional groups attached to an aromatic ring is 1. The second-order valence-electron chi connectivity index (χ2n) is 6.83. The zero-order valence-electron chi connectivity index (χ0n) is 15.2. The van der Waals surface area contributed by atoms with E-state index in [9.17, 15) is 4.79 Å². The van der Waals surface area contributed by atoms with Crippen LogP contribution in [0.3, 0.4) is 0 Å². The van der Waals surface area contributed by atoms with Crippen molar-refractivity contribution in [3.05, 3.63) is 36.4 Å². The van der Waals surface area contributed by atoms with E-state index in [0.717, 1.165) is 40.9 Å². The third kappa shape index (κ3) is 5.39. The molecule has 0 aliphatic heterocycles. The van der Waals surface area contributed by atoms with E-state index in [0.29, 0.717) is 11.9 Å². The molecule has 2 aromatic carbocycles. The van der Waals surface area contributed by atoms with Crippen LogP contribution in [0.2, 0.25) is 0 Å². The molecule has 1 aliphatic rings. The molecule has 0 saturated heterocycles. The van der Waals surface area contributed by atoms with Gasteiger partial charge in [-0.2, -0.15) is 11.8 Å². The largest absolute Gasteiger partial charge is 0.398 e. The lowest BCUT2D eigenvalue weighted by atomic mass is 9.98. The number of nitrogens with one attached hydrogen (secondary N) is 1. The van der Waals surface area contributed by atoms with Gasteiger partial charge in [-0.05, 0) is 37.1 Å². The molecular weight excluding hydrogens is 344 g/mol. The van der Waals surface area contributed by atoms with Crippen molar-refractivity contribution >= 4 is 39.8 Å². The monoisotopic (exact) mass is 372 g/mol. The SMILES string of the molecule is Nc1cccc2c(NC(=O)CSCCCOC3CCCCC3)cccc12. The standard InChI is InChI=1S/C21H28N2O2S/c22-19-11-4-10-18-17(19)9-5-12-20(18)23-21(24)15-26-14-6-13-25-16-7-2-1-3-8-16/h4-5,9-12,16H,1-3,6-8,13-15,22H2,(H,23,24). The summed E-state index contributed by atoms with van der Waals surface area (Å²) in [5, 5.41) is 4.96. The topological polar surface area (TPSA) is 64.3 Å². The molecule has 5 heteroatoms. The fourth-order valence-electron chi connectivity index (χ4n) is 3.44.